The van der Waals surface area contributed by atoms with Gasteiger partial charge in [-0.3, -0.25) is 9.59 Å². The zero-order valence-electron chi connectivity index (χ0n) is 13.9. The van der Waals surface area contributed by atoms with Crippen molar-refractivity contribution in [3.8, 4) is 0 Å². The van der Waals surface area contributed by atoms with E-state index in [1.165, 1.54) is 0 Å². The topological polar surface area (TPSA) is 140 Å². The highest BCUT2D eigenvalue weighted by atomic mass is 16.4. The van der Waals surface area contributed by atoms with Gasteiger partial charge in [0, 0.05) is 23.5 Å². The molecule has 1 aromatic carbocycles. The molecule has 0 radical (unpaired) electrons. The largest absolute Gasteiger partial charge is 0.480 e. The first-order valence-corrected chi connectivity index (χ1v) is 8.24. The van der Waals surface area contributed by atoms with Crippen LogP contribution < -0.4 is 16.6 Å². The molecule has 2 aromatic rings. The predicted octanol–water partition coefficient (Wildman–Crippen LogP) is 0.840. The number of H-pyrrole nitrogens is 1. The van der Waals surface area contributed by atoms with Gasteiger partial charge in [-0.1, -0.05) is 18.2 Å². The van der Waals surface area contributed by atoms with Gasteiger partial charge in [0.2, 0.25) is 0 Å². The van der Waals surface area contributed by atoms with Crippen LogP contribution in [-0.2, 0) is 16.0 Å². The number of rotatable bonds is 11. The third-order valence-corrected chi connectivity index (χ3v) is 4.07. The summed E-state index contributed by atoms with van der Waals surface area (Å²) in [5.41, 5.74) is 12.5. The maximum Gasteiger partial charge on any atom is 0.322 e. The molecule has 136 valence electrons. The molecular weight excluding hydrogens is 324 g/mol. The number of hydrazine groups is 1. The summed E-state index contributed by atoms with van der Waals surface area (Å²) in [7, 11) is 0. The van der Waals surface area contributed by atoms with E-state index in [4.69, 9.17) is 5.73 Å². The molecule has 0 fully saturated rings. The van der Waals surface area contributed by atoms with Gasteiger partial charge < -0.3 is 20.9 Å². The Labute approximate surface area is 145 Å². The van der Waals surface area contributed by atoms with Crippen LogP contribution in [0.1, 0.15) is 24.8 Å². The summed E-state index contributed by atoms with van der Waals surface area (Å²) in [5, 5.41) is 19.6. The number of unbranched alkanes of at least 4 members (excludes halogenated alkanes) is 1. The number of nitrogens with two attached hydrogens (primary N) is 1. The van der Waals surface area contributed by atoms with Gasteiger partial charge in [0.1, 0.15) is 12.1 Å². The smallest absolute Gasteiger partial charge is 0.322 e. The van der Waals surface area contributed by atoms with Gasteiger partial charge in [-0.25, -0.2) is 10.9 Å². The number of carbonyl (C=O) groups is 2. The lowest BCUT2D eigenvalue weighted by Gasteiger charge is -2.19. The van der Waals surface area contributed by atoms with Crippen molar-refractivity contribution in [2.24, 2.45) is 5.73 Å². The minimum absolute atomic E-state index is 0.224. The maximum absolute atomic E-state index is 11.5. The van der Waals surface area contributed by atoms with Crippen molar-refractivity contribution < 1.29 is 19.8 Å². The third kappa shape index (κ3) is 5.28. The van der Waals surface area contributed by atoms with E-state index in [-0.39, 0.29) is 6.42 Å². The predicted molar refractivity (Wildman–Crippen MR) is 94.0 cm³/mol. The average Bonchev–Trinajstić information content (AvgIpc) is 2.99. The van der Waals surface area contributed by atoms with Crippen LogP contribution >= 0.6 is 0 Å². The van der Waals surface area contributed by atoms with E-state index in [9.17, 15) is 19.8 Å². The van der Waals surface area contributed by atoms with Crippen molar-refractivity contribution in [2.45, 2.75) is 37.8 Å². The van der Waals surface area contributed by atoms with Crippen LogP contribution in [0, 0.1) is 0 Å². The highest BCUT2D eigenvalue weighted by molar-refractivity contribution is 5.84. The fourth-order valence-electron chi connectivity index (χ4n) is 2.67. The second kappa shape index (κ2) is 9.16. The van der Waals surface area contributed by atoms with Crippen LogP contribution in [-0.4, -0.2) is 45.8 Å². The van der Waals surface area contributed by atoms with E-state index >= 15 is 0 Å². The molecule has 0 saturated carbocycles. The van der Waals surface area contributed by atoms with Crippen molar-refractivity contribution in [1.82, 2.24) is 15.8 Å². The molecule has 0 aliphatic heterocycles. The number of benzene rings is 1. The molecule has 0 unspecified atom stereocenters. The van der Waals surface area contributed by atoms with Crippen LogP contribution in [0.2, 0.25) is 0 Å². The summed E-state index contributed by atoms with van der Waals surface area (Å²) in [4.78, 5) is 25.9. The third-order valence-electron chi connectivity index (χ3n) is 4.07. The minimum atomic E-state index is -1.05. The van der Waals surface area contributed by atoms with Crippen molar-refractivity contribution in [3.63, 3.8) is 0 Å². The Morgan fingerprint density at radius 3 is 2.44 bits per heavy atom. The molecule has 8 nitrogen and oxygen atoms in total. The van der Waals surface area contributed by atoms with Gasteiger partial charge in [0.25, 0.3) is 0 Å². The number of nitrogens with one attached hydrogen (secondary N) is 3. The van der Waals surface area contributed by atoms with Crippen molar-refractivity contribution in [2.75, 3.05) is 6.54 Å². The van der Waals surface area contributed by atoms with Crippen molar-refractivity contribution in [1.29, 1.82) is 0 Å². The summed E-state index contributed by atoms with van der Waals surface area (Å²) in [6, 6.07) is 5.81. The molecule has 8 heteroatoms. The Morgan fingerprint density at radius 2 is 1.76 bits per heavy atom. The van der Waals surface area contributed by atoms with Gasteiger partial charge >= 0.3 is 11.9 Å². The number of fused-ring (bicyclic) bond motifs is 1. The SMILES string of the molecule is NCCCC[C@H](NN[C@@H](Cc1c[nH]c2ccccc12)C(=O)O)C(=O)O. The Morgan fingerprint density at radius 1 is 1.08 bits per heavy atom. The number of para-hydroxylation sites is 1. The molecule has 2 atom stereocenters. The fourth-order valence-corrected chi connectivity index (χ4v) is 2.67. The lowest BCUT2D eigenvalue weighted by Crippen LogP contribution is -2.53. The van der Waals surface area contributed by atoms with E-state index in [1.54, 1.807) is 6.20 Å². The second-order valence-corrected chi connectivity index (χ2v) is 5.92. The van der Waals surface area contributed by atoms with Crippen molar-refractivity contribution in [3.05, 3.63) is 36.0 Å². The summed E-state index contributed by atoms with van der Waals surface area (Å²) >= 11 is 0. The molecular formula is C17H24N4O4. The summed E-state index contributed by atoms with van der Waals surface area (Å²) in [5.74, 6) is -2.08. The fraction of sp³-hybridized carbons (Fsp3) is 0.412. The van der Waals surface area contributed by atoms with E-state index in [1.807, 2.05) is 24.3 Å². The molecule has 7 N–H and O–H groups in total. The number of hydrogen-bond donors (Lipinski definition) is 6. The van der Waals surface area contributed by atoms with Crippen LogP contribution in [0.15, 0.2) is 30.5 Å². The molecule has 25 heavy (non-hydrogen) atoms. The normalized spacial score (nSPS) is 13.6. The highest BCUT2D eigenvalue weighted by Gasteiger charge is 2.23. The molecule has 1 aromatic heterocycles. The number of aliphatic carboxylic acids is 2. The zero-order valence-corrected chi connectivity index (χ0v) is 13.9. The first kappa shape index (κ1) is 18.9. The first-order valence-electron chi connectivity index (χ1n) is 8.24. The van der Waals surface area contributed by atoms with E-state index < -0.39 is 24.0 Å². The Balaban J connectivity index is 2.00. The zero-order chi connectivity index (χ0) is 18.2. The van der Waals surface area contributed by atoms with Crippen LogP contribution in [0.25, 0.3) is 10.9 Å². The molecule has 0 aliphatic carbocycles. The number of carboxylic acids is 2. The summed E-state index contributed by atoms with van der Waals surface area (Å²) in [6.07, 6.45) is 3.75. The second-order valence-electron chi connectivity index (χ2n) is 5.92. The standard InChI is InChI=1S/C17H24N4O4/c18-8-4-3-7-14(16(22)23)20-21-15(17(24)25)9-11-10-19-13-6-2-1-5-12(11)13/h1-2,5-6,10,14-15,19-21H,3-4,7-9,18H2,(H,22,23)(H,24,25)/t14-,15-/m0/s1. The number of aromatic amines is 1. The number of aromatic nitrogens is 1. The molecule has 0 saturated heterocycles. The van der Waals surface area contributed by atoms with Gasteiger partial charge in [-0.15, -0.1) is 0 Å². The van der Waals surface area contributed by atoms with Crippen LogP contribution in [0.5, 0.6) is 0 Å². The first-order chi connectivity index (χ1) is 12.0. The molecule has 2 rings (SSSR count). The van der Waals surface area contributed by atoms with Gasteiger partial charge in [-0.2, -0.15) is 0 Å². The van der Waals surface area contributed by atoms with Gasteiger partial charge in [0.05, 0.1) is 0 Å². The Bertz CT molecular complexity index is 715. The molecule has 0 aliphatic rings. The quantitative estimate of drug-likeness (QED) is 0.261. The molecule has 0 bridgehead atoms. The number of hydrogen-bond acceptors (Lipinski definition) is 5. The highest BCUT2D eigenvalue weighted by Crippen LogP contribution is 2.19. The summed E-state index contributed by atoms with van der Waals surface area (Å²) < 4.78 is 0. The van der Waals surface area contributed by atoms with Crippen molar-refractivity contribution >= 4 is 22.8 Å². The Hall–Kier alpha value is -2.42. The molecule has 1 heterocycles. The molecule has 0 amide bonds. The van der Waals surface area contributed by atoms with Gasteiger partial charge in [0.15, 0.2) is 0 Å². The average molecular weight is 348 g/mol. The Kier molecular flexibility index (Phi) is 6.93. The van der Waals surface area contributed by atoms with Gasteiger partial charge in [-0.05, 0) is 37.4 Å². The minimum Gasteiger partial charge on any atom is -0.480 e. The number of carboxylic acid groups (broad SMARTS) is 2. The molecule has 0 spiro atoms. The monoisotopic (exact) mass is 348 g/mol. The van der Waals surface area contributed by atoms with Crippen LogP contribution in [0.4, 0.5) is 0 Å². The maximum atomic E-state index is 11.5. The lowest BCUT2D eigenvalue weighted by molar-refractivity contribution is -0.143. The van der Waals surface area contributed by atoms with E-state index in [0.29, 0.717) is 19.4 Å². The lowest BCUT2D eigenvalue weighted by atomic mass is 10.1. The summed E-state index contributed by atoms with van der Waals surface area (Å²) in [6.45, 7) is 0.498. The van der Waals surface area contributed by atoms with Crippen LogP contribution in [0.3, 0.4) is 0 Å². The van der Waals surface area contributed by atoms with E-state index in [2.05, 4.69) is 15.8 Å². The van der Waals surface area contributed by atoms with E-state index in [0.717, 1.165) is 22.9 Å².